The number of ether oxygens (including phenoxy) is 2. The van der Waals surface area contributed by atoms with Crippen LogP contribution in [-0.4, -0.2) is 66.4 Å². The van der Waals surface area contributed by atoms with Crippen LogP contribution in [0.15, 0.2) is 54.1 Å². The molecule has 0 aromatic heterocycles. The third kappa shape index (κ3) is 5.40. The molecule has 1 aliphatic heterocycles. The molecule has 1 unspecified atom stereocenters. The number of benzene rings is 2. The minimum atomic E-state index is -0.785. The Morgan fingerprint density at radius 3 is 2.39 bits per heavy atom. The average molecular weight is 453 g/mol. The molecule has 33 heavy (non-hydrogen) atoms. The predicted octanol–water partition coefficient (Wildman–Crippen LogP) is 2.99. The fourth-order valence-electron chi connectivity index (χ4n) is 3.70. The number of rotatable bonds is 8. The Morgan fingerprint density at radius 2 is 1.79 bits per heavy atom. The Balaban J connectivity index is 2.10. The number of ketones is 1. The van der Waals surface area contributed by atoms with Gasteiger partial charge in [-0.05, 0) is 50.8 Å². The molecule has 0 radical (unpaired) electrons. The molecule has 0 aliphatic carbocycles. The van der Waals surface area contributed by atoms with Crippen LogP contribution in [-0.2, 0) is 14.4 Å². The van der Waals surface area contributed by atoms with Crippen LogP contribution in [0.4, 0.5) is 0 Å². The average Bonchev–Trinajstić information content (AvgIpc) is 3.02. The van der Waals surface area contributed by atoms with E-state index in [4.69, 9.17) is 9.47 Å². The zero-order valence-corrected chi connectivity index (χ0v) is 19.2. The maximum absolute atomic E-state index is 13.1. The van der Waals surface area contributed by atoms with Crippen LogP contribution < -0.4 is 9.47 Å². The molecule has 2 aromatic carbocycles. The number of likely N-dealkylation sites (tertiary alicyclic amines) is 1. The Kier molecular flexibility index (Phi) is 7.50. The molecule has 8 heteroatoms. The van der Waals surface area contributed by atoms with Crippen LogP contribution in [0.3, 0.4) is 0 Å². The first-order chi connectivity index (χ1) is 15.7. The zero-order valence-electron chi connectivity index (χ0n) is 19.2. The van der Waals surface area contributed by atoms with Crippen LogP contribution in [0.25, 0.3) is 5.76 Å². The Labute approximate surface area is 193 Å². The first-order valence-corrected chi connectivity index (χ1v) is 10.7. The molecule has 1 aliphatic rings. The van der Waals surface area contributed by atoms with E-state index in [9.17, 15) is 19.5 Å². The lowest BCUT2D eigenvalue weighted by molar-refractivity contribution is -0.140. The highest BCUT2D eigenvalue weighted by molar-refractivity contribution is 6.46. The number of hydrogen-bond acceptors (Lipinski definition) is 7. The SMILES string of the molecule is CCOc1cccc(/C(O)=C2/C(=O)C(=O)N(CCN(C)C)C2c2ccc(OC(C)=O)cc2)c1. The molecule has 1 atom stereocenters. The van der Waals surface area contributed by atoms with Crippen LogP contribution in [0.1, 0.15) is 31.0 Å². The molecule has 1 fully saturated rings. The van der Waals surface area contributed by atoms with E-state index in [1.165, 1.54) is 11.8 Å². The van der Waals surface area contributed by atoms with E-state index in [1.807, 2.05) is 25.9 Å². The largest absolute Gasteiger partial charge is 0.507 e. The molecular weight excluding hydrogens is 424 g/mol. The lowest BCUT2D eigenvalue weighted by Crippen LogP contribution is -2.35. The third-order valence-electron chi connectivity index (χ3n) is 5.20. The number of carbonyl (C=O) groups excluding carboxylic acids is 3. The van der Waals surface area contributed by atoms with Gasteiger partial charge < -0.3 is 24.4 Å². The Morgan fingerprint density at radius 1 is 1.09 bits per heavy atom. The summed E-state index contributed by atoms with van der Waals surface area (Å²) in [7, 11) is 3.75. The van der Waals surface area contributed by atoms with Gasteiger partial charge in [0.1, 0.15) is 17.3 Å². The number of nitrogens with zero attached hydrogens (tertiary/aromatic N) is 2. The number of Topliss-reactive ketones (excluding diaryl/α,β-unsaturated/α-hetero) is 1. The molecule has 1 amide bonds. The van der Waals surface area contributed by atoms with Gasteiger partial charge in [0, 0.05) is 25.6 Å². The highest BCUT2D eigenvalue weighted by Crippen LogP contribution is 2.40. The van der Waals surface area contributed by atoms with Gasteiger partial charge in [-0.15, -0.1) is 0 Å². The molecule has 2 aromatic rings. The van der Waals surface area contributed by atoms with Gasteiger partial charge in [0.05, 0.1) is 18.2 Å². The number of aliphatic hydroxyl groups excluding tert-OH is 1. The molecule has 1 saturated heterocycles. The minimum absolute atomic E-state index is 0.00707. The van der Waals surface area contributed by atoms with Crippen LogP contribution in [0, 0.1) is 0 Å². The summed E-state index contributed by atoms with van der Waals surface area (Å²) in [6, 6.07) is 12.5. The fourth-order valence-corrected chi connectivity index (χ4v) is 3.70. The third-order valence-corrected chi connectivity index (χ3v) is 5.20. The van der Waals surface area contributed by atoms with Crippen molar-refractivity contribution in [3.8, 4) is 11.5 Å². The quantitative estimate of drug-likeness (QED) is 0.216. The van der Waals surface area contributed by atoms with E-state index in [0.717, 1.165) is 0 Å². The van der Waals surface area contributed by atoms with Gasteiger partial charge in [-0.3, -0.25) is 14.4 Å². The van der Waals surface area contributed by atoms with Crippen molar-refractivity contribution < 1.29 is 29.0 Å². The zero-order chi connectivity index (χ0) is 24.1. The summed E-state index contributed by atoms with van der Waals surface area (Å²) in [4.78, 5) is 40.6. The van der Waals surface area contributed by atoms with E-state index in [1.54, 1.807) is 48.5 Å². The van der Waals surface area contributed by atoms with Crippen LogP contribution in [0.2, 0.25) is 0 Å². The van der Waals surface area contributed by atoms with E-state index in [2.05, 4.69) is 0 Å². The summed E-state index contributed by atoms with van der Waals surface area (Å²) in [6.07, 6.45) is 0. The van der Waals surface area contributed by atoms with Gasteiger partial charge in [0.2, 0.25) is 0 Å². The summed E-state index contributed by atoms with van der Waals surface area (Å²) < 4.78 is 10.6. The predicted molar refractivity (Wildman–Crippen MR) is 123 cm³/mol. The molecule has 0 spiro atoms. The van der Waals surface area contributed by atoms with Gasteiger partial charge in [0.25, 0.3) is 11.7 Å². The second-order valence-corrected chi connectivity index (χ2v) is 7.92. The molecular formula is C25H28N2O6. The number of likely N-dealkylation sites (N-methyl/N-ethyl adjacent to an activating group) is 1. The van der Waals surface area contributed by atoms with Crippen molar-refractivity contribution in [3.05, 3.63) is 65.2 Å². The lowest BCUT2D eigenvalue weighted by atomic mass is 9.95. The molecule has 174 valence electrons. The van der Waals surface area contributed by atoms with Crippen molar-refractivity contribution in [2.75, 3.05) is 33.8 Å². The molecule has 1 N–H and O–H groups in total. The number of aliphatic hydroxyl groups is 1. The number of carbonyl (C=O) groups is 3. The fraction of sp³-hybridized carbons (Fsp3) is 0.320. The Bertz CT molecular complexity index is 1070. The molecule has 1 heterocycles. The summed E-state index contributed by atoms with van der Waals surface area (Å²) >= 11 is 0. The standard InChI is InChI=1S/C25H28N2O6/c1-5-32-20-8-6-7-18(15-20)23(29)21-22(17-9-11-19(12-10-17)33-16(2)28)27(14-13-26(3)4)25(31)24(21)30/h6-12,15,22,29H,5,13-14H2,1-4H3/b23-21-. The first kappa shape index (κ1) is 24.0. The summed E-state index contributed by atoms with van der Waals surface area (Å²) in [5.41, 5.74) is 1.01. The van der Waals surface area contributed by atoms with Gasteiger partial charge in [-0.2, -0.15) is 0 Å². The number of hydrogen-bond donors (Lipinski definition) is 1. The van der Waals surface area contributed by atoms with E-state index in [-0.39, 0.29) is 11.3 Å². The van der Waals surface area contributed by atoms with E-state index in [0.29, 0.717) is 42.3 Å². The second kappa shape index (κ2) is 10.3. The minimum Gasteiger partial charge on any atom is -0.507 e. The van der Waals surface area contributed by atoms with Crippen molar-refractivity contribution in [2.45, 2.75) is 19.9 Å². The highest BCUT2D eigenvalue weighted by atomic mass is 16.5. The van der Waals surface area contributed by atoms with Crippen LogP contribution >= 0.6 is 0 Å². The van der Waals surface area contributed by atoms with Crippen LogP contribution in [0.5, 0.6) is 11.5 Å². The molecule has 0 saturated carbocycles. The van der Waals surface area contributed by atoms with Gasteiger partial charge in [0.15, 0.2) is 0 Å². The van der Waals surface area contributed by atoms with Gasteiger partial charge in [-0.1, -0.05) is 24.3 Å². The maximum atomic E-state index is 13.1. The van der Waals surface area contributed by atoms with Gasteiger partial charge in [-0.25, -0.2) is 0 Å². The first-order valence-electron chi connectivity index (χ1n) is 10.7. The second-order valence-electron chi connectivity index (χ2n) is 7.92. The lowest BCUT2D eigenvalue weighted by Gasteiger charge is -2.26. The van der Waals surface area contributed by atoms with Crippen molar-refractivity contribution in [3.63, 3.8) is 0 Å². The van der Waals surface area contributed by atoms with Gasteiger partial charge >= 0.3 is 5.97 Å². The highest BCUT2D eigenvalue weighted by Gasteiger charge is 2.45. The summed E-state index contributed by atoms with van der Waals surface area (Å²) in [5.74, 6) is -1.24. The van der Waals surface area contributed by atoms with E-state index < -0.39 is 23.7 Å². The molecule has 3 rings (SSSR count). The normalized spacial score (nSPS) is 17.5. The topological polar surface area (TPSA) is 96.4 Å². The summed E-state index contributed by atoms with van der Waals surface area (Å²) in [5, 5.41) is 11.1. The smallest absolute Gasteiger partial charge is 0.308 e. The van der Waals surface area contributed by atoms with Crippen molar-refractivity contribution in [2.24, 2.45) is 0 Å². The van der Waals surface area contributed by atoms with Crippen molar-refractivity contribution >= 4 is 23.4 Å². The van der Waals surface area contributed by atoms with Crippen molar-refractivity contribution in [1.29, 1.82) is 0 Å². The van der Waals surface area contributed by atoms with Crippen molar-refractivity contribution in [1.82, 2.24) is 9.80 Å². The van der Waals surface area contributed by atoms with E-state index >= 15 is 0 Å². The number of amides is 1. The monoisotopic (exact) mass is 452 g/mol. The maximum Gasteiger partial charge on any atom is 0.308 e. The molecule has 0 bridgehead atoms. The molecule has 8 nitrogen and oxygen atoms in total. The number of esters is 1. The Hall–Kier alpha value is -3.65. The summed E-state index contributed by atoms with van der Waals surface area (Å²) in [6.45, 7) is 4.44.